The second-order valence-corrected chi connectivity index (χ2v) is 4.68. The Bertz CT molecular complexity index is 579. The molecule has 5 nitrogen and oxygen atoms in total. The van der Waals surface area contributed by atoms with Crippen LogP contribution in [0.15, 0.2) is 18.3 Å². The van der Waals surface area contributed by atoms with Crippen molar-refractivity contribution < 1.29 is 4.74 Å². The third kappa shape index (κ3) is 2.65. The van der Waals surface area contributed by atoms with Crippen molar-refractivity contribution in [2.45, 2.75) is 26.7 Å². The van der Waals surface area contributed by atoms with E-state index in [1.165, 1.54) is 0 Å². The largest absolute Gasteiger partial charge is 0.481 e. The molecule has 0 saturated heterocycles. The summed E-state index contributed by atoms with van der Waals surface area (Å²) in [6.45, 7) is 6.00. The normalized spacial score (nSPS) is 10.8. The van der Waals surface area contributed by atoms with Crippen LogP contribution in [0.1, 0.15) is 31.2 Å². The highest BCUT2D eigenvalue weighted by Crippen LogP contribution is 2.26. The number of pyridine rings is 1. The average molecular weight is 258 g/mol. The molecule has 0 aliphatic carbocycles. The van der Waals surface area contributed by atoms with Crippen LogP contribution >= 0.6 is 0 Å². The molecule has 0 radical (unpaired) electrons. The highest BCUT2D eigenvalue weighted by Gasteiger charge is 2.13. The second kappa shape index (κ2) is 5.22. The zero-order chi connectivity index (χ0) is 14.0. The average Bonchev–Trinajstić information content (AvgIpc) is 2.41. The van der Waals surface area contributed by atoms with Gasteiger partial charge in [-0.3, -0.25) is 0 Å². The Kier molecular flexibility index (Phi) is 3.64. The maximum Gasteiger partial charge on any atom is 0.212 e. The third-order valence-electron chi connectivity index (χ3n) is 2.94. The zero-order valence-corrected chi connectivity index (χ0v) is 11.6. The molecule has 2 N–H and O–H groups in total. The fourth-order valence-corrected chi connectivity index (χ4v) is 1.73. The Hall–Kier alpha value is -2.17. The van der Waals surface area contributed by atoms with Crippen molar-refractivity contribution in [3.8, 4) is 17.1 Å². The summed E-state index contributed by atoms with van der Waals surface area (Å²) in [5, 5.41) is 0. The first kappa shape index (κ1) is 13.3. The van der Waals surface area contributed by atoms with E-state index in [-0.39, 0.29) is 5.92 Å². The highest BCUT2D eigenvalue weighted by atomic mass is 16.5. The van der Waals surface area contributed by atoms with E-state index in [1.54, 1.807) is 13.3 Å². The smallest absolute Gasteiger partial charge is 0.212 e. The Labute approximate surface area is 112 Å². The molecule has 19 heavy (non-hydrogen) atoms. The molecule has 0 saturated carbocycles. The van der Waals surface area contributed by atoms with Crippen LogP contribution < -0.4 is 10.5 Å². The third-order valence-corrected chi connectivity index (χ3v) is 2.94. The van der Waals surface area contributed by atoms with Gasteiger partial charge >= 0.3 is 0 Å². The van der Waals surface area contributed by atoms with Crippen LogP contribution in [-0.4, -0.2) is 22.1 Å². The number of anilines is 1. The summed E-state index contributed by atoms with van der Waals surface area (Å²) in [7, 11) is 1.59. The lowest BCUT2D eigenvalue weighted by atomic mass is 10.1. The Morgan fingerprint density at radius 1 is 1.21 bits per heavy atom. The predicted molar refractivity (Wildman–Crippen MR) is 75.1 cm³/mol. The van der Waals surface area contributed by atoms with E-state index < -0.39 is 0 Å². The van der Waals surface area contributed by atoms with Gasteiger partial charge in [0.25, 0.3) is 0 Å². The molecular weight excluding hydrogens is 240 g/mol. The van der Waals surface area contributed by atoms with E-state index >= 15 is 0 Å². The summed E-state index contributed by atoms with van der Waals surface area (Å²) in [6, 6.07) is 3.73. The fraction of sp³-hybridized carbons (Fsp3) is 0.357. The monoisotopic (exact) mass is 258 g/mol. The van der Waals surface area contributed by atoms with Gasteiger partial charge in [0.05, 0.1) is 12.8 Å². The Morgan fingerprint density at radius 3 is 2.47 bits per heavy atom. The van der Waals surface area contributed by atoms with Crippen molar-refractivity contribution >= 4 is 5.82 Å². The van der Waals surface area contributed by atoms with Gasteiger partial charge in [0.15, 0.2) is 0 Å². The minimum Gasteiger partial charge on any atom is -0.481 e. The van der Waals surface area contributed by atoms with Gasteiger partial charge in [-0.25, -0.2) is 15.0 Å². The molecule has 0 aromatic carbocycles. The van der Waals surface area contributed by atoms with Crippen LogP contribution in [0.2, 0.25) is 0 Å². The van der Waals surface area contributed by atoms with E-state index in [0.717, 1.165) is 22.6 Å². The number of aromatic nitrogens is 3. The summed E-state index contributed by atoms with van der Waals surface area (Å²) in [4.78, 5) is 13.1. The molecule has 2 heterocycles. The lowest BCUT2D eigenvalue weighted by molar-refractivity contribution is 0.398. The van der Waals surface area contributed by atoms with Crippen molar-refractivity contribution in [2.24, 2.45) is 0 Å². The highest BCUT2D eigenvalue weighted by molar-refractivity contribution is 5.66. The molecule has 0 fully saturated rings. The van der Waals surface area contributed by atoms with Gasteiger partial charge < -0.3 is 10.5 Å². The van der Waals surface area contributed by atoms with Crippen LogP contribution in [0.3, 0.4) is 0 Å². The minimum absolute atomic E-state index is 0.229. The number of ether oxygens (including phenoxy) is 1. The van der Waals surface area contributed by atoms with Crippen molar-refractivity contribution in [3.05, 3.63) is 29.7 Å². The molecule has 2 aromatic rings. The van der Waals surface area contributed by atoms with Crippen molar-refractivity contribution in [1.82, 2.24) is 15.0 Å². The maximum atomic E-state index is 5.96. The molecule has 0 atom stereocenters. The molecule has 0 aliphatic heterocycles. The Balaban J connectivity index is 2.53. The molecule has 100 valence electrons. The minimum atomic E-state index is 0.229. The predicted octanol–water partition coefficient (Wildman–Crippen LogP) is 2.56. The fourth-order valence-electron chi connectivity index (χ4n) is 1.73. The number of hydrogen-bond acceptors (Lipinski definition) is 5. The van der Waals surface area contributed by atoms with Crippen LogP contribution in [0.25, 0.3) is 11.3 Å². The summed E-state index contributed by atoms with van der Waals surface area (Å²) < 4.78 is 5.05. The quantitative estimate of drug-likeness (QED) is 0.915. The van der Waals surface area contributed by atoms with E-state index in [1.807, 2.05) is 32.9 Å². The molecular formula is C14H18N4O. The summed E-state index contributed by atoms with van der Waals surface area (Å²) in [6.07, 6.45) is 1.73. The molecule has 2 aromatic heterocycles. The van der Waals surface area contributed by atoms with Gasteiger partial charge in [-0.15, -0.1) is 0 Å². The zero-order valence-electron chi connectivity index (χ0n) is 11.6. The topological polar surface area (TPSA) is 73.9 Å². The van der Waals surface area contributed by atoms with Gasteiger partial charge in [0.2, 0.25) is 5.88 Å². The second-order valence-electron chi connectivity index (χ2n) is 4.68. The number of nitrogens with zero attached hydrogens (tertiary/aromatic N) is 3. The maximum absolute atomic E-state index is 5.96. The van der Waals surface area contributed by atoms with Gasteiger partial charge in [-0.1, -0.05) is 13.8 Å². The summed E-state index contributed by atoms with van der Waals surface area (Å²) in [5.74, 6) is 2.07. The SMILES string of the molecule is COc1ccc(-c2nc(C(C)C)nc(N)c2C)cn1. The molecule has 5 heteroatoms. The van der Waals surface area contributed by atoms with Crippen LogP contribution in [0.4, 0.5) is 5.82 Å². The number of methoxy groups -OCH3 is 1. The van der Waals surface area contributed by atoms with Gasteiger partial charge in [-0.05, 0) is 13.0 Å². The molecule has 0 unspecified atom stereocenters. The number of hydrogen-bond donors (Lipinski definition) is 1. The summed E-state index contributed by atoms with van der Waals surface area (Å²) >= 11 is 0. The molecule has 0 bridgehead atoms. The van der Waals surface area contributed by atoms with Gasteiger partial charge in [-0.2, -0.15) is 0 Å². The van der Waals surface area contributed by atoms with Gasteiger partial charge in [0, 0.05) is 29.3 Å². The van der Waals surface area contributed by atoms with E-state index in [0.29, 0.717) is 11.7 Å². The molecule has 0 spiro atoms. The van der Waals surface area contributed by atoms with Crippen molar-refractivity contribution in [2.75, 3.05) is 12.8 Å². The molecule has 0 amide bonds. The Morgan fingerprint density at radius 2 is 1.95 bits per heavy atom. The lowest BCUT2D eigenvalue weighted by Gasteiger charge is -2.12. The van der Waals surface area contributed by atoms with Gasteiger partial charge in [0.1, 0.15) is 11.6 Å². The number of nitrogen functional groups attached to an aromatic ring is 1. The molecule has 0 aliphatic rings. The number of nitrogens with two attached hydrogens (primary N) is 1. The molecule has 2 rings (SSSR count). The van der Waals surface area contributed by atoms with Crippen LogP contribution in [0.5, 0.6) is 5.88 Å². The summed E-state index contributed by atoms with van der Waals surface area (Å²) in [5.41, 5.74) is 8.56. The van der Waals surface area contributed by atoms with E-state index in [2.05, 4.69) is 15.0 Å². The first-order valence-electron chi connectivity index (χ1n) is 6.17. The lowest BCUT2D eigenvalue weighted by Crippen LogP contribution is -2.06. The van der Waals surface area contributed by atoms with E-state index in [4.69, 9.17) is 10.5 Å². The van der Waals surface area contributed by atoms with Crippen LogP contribution in [0, 0.1) is 6.92 Å². The first-order valence-corrected chi connectivity index (χ1v) is 6.17. The number of rotatable bonds is 3. The van der Waals surface area contributed by atoms with E-state index in [9.17, 15) is 0 Å². The first-order chi connectivity index (χ1) is 9.02. The van der Waals surface area contributed by atoms with Crippen LogP contribution in [-0.2, 0) is 0 Å². The standard InChI is InChI=1S/C14H18N4O/c1-8(2)14-17-12(9(3)13(15)18-14)10-5-6-11(19-4)16-7-10/h5-8H,1-4H3,(H2,15,17,18). The van der Waals surface area contributed by atoms with Crippen molar-refractivity contribution in [1.29, 1.82) is 0 Å². The van der Waals surface area contributed by atoms with Crippen molar-refractivity contribution in [3.63, 3.8) is 0 Å².